The first kappa shape index (κ1) is 13.0. The molecule has 1 aromatic carbocycles. The van der Waals surface area contributed by atoms with E-state index in [9.17, 15) is 10.1 Å². The van der Waals surface area contributed by atoms with E-state index >= 15 is 0 Å². The molecule has 2 N–H and O–H groups in total. The average Bonchev–Trinajstić information content (AvgIpc) is 2.38. The first-order chi connectivity index (χ1) is 8.66. The van der Waals surface area contributed by atoms with Crippen molar-refractivity contribution in [1.82, 2.24) is 0 Å². The van der Waals surface area contributed by atoms with Gasteiger partial charge in [-0.3, -0.25) is 10.1 Å². The maximum absolute atomic E-state index is 10.5. The molecular weight excluding hydrogens is 232 g/mol. The topological polar surface area (TPSA) is 78.4 Å². The van der Waals surface area contributed by atoms with Crippen LogP contribution in [0, 0.1) is 10.1 Å². The second-order valence-electron chi connectivity index (χ2n) is 4.72. The summed E-state index contributed by atoms with van der Waals surface area (Å²) in [5.74, 6) is 0. The van der Waals surface area contributed by atoms with Crippen LogP contribution < -0.4 is 5.73 Å². The Balaban J connectivity index is 1.87. The van der Waals surface area contributed by atoms with E-state index in [-0.39, 0.29) is 17.8 Å². The van der Waals surface area contributed by atoms with Gasteiger partial charge < -0.3 is 10.5 Å². The molecule has 1 aliphatic rings. The lowest BCUT2D eigenvalue weighted by molar-refractivity contribution is -0.384. The van der Waals surface area contributed by atoms with Crippen molar-refractivity contribution >= 4 is 5.69 Å². The third-order valence-electron chi connectivity index (χ3n) is 3.36. The van der Waals surface area contributed by atoms with Crippen molar-refractivity contribution in [1.29, 1.82) is 0 Å². The van der Waals surface area contributed by atoms with E-state index in [4.69, 9.17) is 10.5 Å². The van der Waals surface area contributed by atoms with Gasteiger partial charge >= 0.3 is 0 Å². The van der Waals surface area contributed by atoms with Gasteiger partial charge in [0.05, 0.1) is 17.6 Å². The Hall–Kier alpha value is -1.46. The van der Waals surface area contributed by atoms with Crippen LogP contribution in [0.1, 0.15) is 31.2 Å². The highest BCUT2D eigenvalue weighted by Gasteiger charge is 2.22. The van der Waals surface area contributed by atoms with Gasteiger partial charge in [-0.25, -0.2) is 0 Å². The van der Waals surface area contributed by atoms with E-state index in [0.29, 0.717) is 6.61 Å². The van der Waals surface area contributed by atoms with Gasteiger partial charge in [-0.15, -0.1) is 0 Å². The molecule has 1 aliphatic carbocycles. The van der Waals surface area contributed by atoms with Gasteiger partial charge in [0.15, 0.2) is 0 Å². The van der Waals surface area contributed by atoms with Crippen LogP contribution >= 0.6 is 0 Å². The fraction of sp³-hybridized carbons (Fsp3) is 0.538. The molecule has 2 unspecified atom stereocenters. The van der Waals surface area contributed by atoms with Crippen LogP contribution in [0.2, 0.25) is 0 Å². The summed E-state index contributed by atoms with van der Waals surface area (Å²) in [7, 11) is 0. The van der Waals surface area contributed by atoms with Crippen molar-refractivity contribution in [3.05, 3.63) is 39.9 Å². The molecule has 2 rings (SSSR count). The van der Waals surface area contributed by atoms with Gasteiger partial charge in [0.25, 0.3) is 5.69 Å². The molecule has 0 saturated heterocycles. The van der Waals surface area contributed by atoms with Gasteiger partial charge in [-0.1, -0.05) is 12.8 Å². The number of nitrogens with two attached hydrogens (primary N) is 1. The Morgan fingerprint density at radius 1 is 1.28 bits per heavy atom. The van der Waals surface area contributed by atoms with Gasteiger partial charge in [0, 0.05) is 18.2 Å². The largest absolute Gasteiger partial charge is 0.372 e. The summed E-state index contributed by atoms with van der Waals surface area (Å²) in [6.45, 7) is 0.469. The second-order valence-corrected chi connectivity index (χ2v) is 4.72. The summed E-state index contributed by atoms with van der Waals surface area (Å²) in [4.78, 5) is 10.1. The monoisotopic (exact) mass is 250 g/mol. The van der Waals surface area contributed by atoms with Gasteiger partial charge in [0.1, 0.15) is 0 Å². The van der Waals surface area contributed by atoms with Crippen LogP contribution in [0.4, 0.5) is 5.69 Å². The minimum absolute atomic E-state index is 0.105. The molecule has 1 fully saturated rings. The van der Waals surface area contributed by atoms with Crippen molar-refractivity contribution in [2.24, 2.45) is 5.73 Å². The number of non-ortho nitro benzene ring substituents is 1. The van der Waals surface area contributed by atoms with Crippen LogP contribution in [0.15, 0.2) is 24.3 Å². The highest BCUT2D eigenvalue weighted by atomic mass is 16.6. The summed E-state index contributed by atoms with van der Waals surface area (Å²) in [6.07, 6.45) is 4.49. The molecule has 5 heteroatoms. The predicted molar refractivity (Wildman–Crippen MR) is 68.1 cm³/mol. The smallest absolute Gasteiger partial charge is 0.269 e. The lowest BCUT2D eigenvalue weighted by Gasteiger charge is -2.28. The Morgan fingerprint density at radius 3 is 2.56 bits per heavy atom. The van der Waals surface area contributed by atoms with E-state index in [0.717, 1.165) is 18.4 Å². The molecule has 5 nitrogen and oxygen atoms in total. The van der Waals surface area contributed by atoms with Crippen LogP contribution in [0.3, 0.4) is 0 Å². The maximum Gasteiger partial charge on any atom is 0.269 e. The van der Waals surface area contributed by atoms with Crippen LogP contribution in [0.5, 0.6) is 0 Å². The molecule has 0 spiro atoms. The summed E-state index contributed by atoms with van der Waals surface area (Å²) in [5, 5.41) is 10.5. The van der Waals surface area contributed by atoms with E-state index in [1.165, 1.54) is 25.0 Å². The molecule has 0 radical (unpaired) electrons. The molecule has 0 amide bonds. The van der Waals surface area contributed by atoms with E-state index in [1.54, 1.807) is 12.1 Å². The number of benzene rings is 1. The minimum Gasteiger partial charge on any atom is -0.372 e. The molecular formula is C13H18N2O3. The molecule has 0 aliphatic heterocycles. The summed E-state index contributed by atoms with van der Waals surface area (Å²) in [6, 6.07) is 6.58. The fourth-order valence-electron chi connectivity index (χ4n) is 2.25. The van der Waals surface area contributed by atoms with Crippen molar-refractivity contribution < 1.29 is 9.66 Å². The van der Waals surface area contributed by atoms with E-state index in [2.05, 4.69) is 0 Å². The minimum atomic E-state index is -0.401. The number of ether oxygens (including phenoxy) is 1. The lowest BCUT2D eigenvalue weighted by Crippen LogP contribution is -2.39. The van der Waals surface area contributed by atoms with Crippen LogP contribution in [-0.2, 0) is 11.3 Å². The Kier molecular flexibility index (Phi) is 4.28. The third-order valence-corrected chi connectivity index (χ3v) is 3.36. The average molecular weight is 250 g/mol. The lowest BCUT2D eigenvalue weighted by atomic mass is 9.93. The Morgan fingerprint density at radius 2 is 1.94 bits per heavy atom. The highest BCUT2D eigenvalue weighted by molar-refractivity contribution is 5.32. The first-order valence-electron chi connectivity index (χ1n) is 6.27. The zero-order valence-electron chi connectivity index (χ0n) is 10.2. The summed E-state index contributed by atoms with van der Waals surface area (Å²) < 4.78 is 5.79. The van der Waals surface area contributed by atoms with E-state index in [1.807, 2.05) is 0 Å². The van der Waals surface area contributed by atoms with Crippen molar-refractivity contribution in [2.75, 3.05) is 0 Å². The number of rotatable bonds is 4. The molecule has 18 heavy (non-hydrogen) atoms. The van der Waals surface area contributed by atoms with Gasteiger partial charge in [-0.2, -0.15) is 0 Å². The SMILES string of the molecule is NC1CCCCC1OCc1ccc([N+](=O)[O-])cc1. The second kappa shape index (κ2) is 5.93. The summed E-state index contributed by atoms with van der Waals surface area (Å²) >= 11 is 0. The van der Waals surface area contributed by atoms with Crippen LogP contribution in [-0.4, -0.2) is 17.1 Å². The highest BCUT2D eigenvalue weighted by Crippen LogP contribution is 2.21. The van der Waals surface area contributed by atoms with Crippen molar-refractivity contribution in [3.63, 3.8) is 0 Å². The Labute approximate surface area is 106 Å². The van der Waals surface area contributed by atoms with Crippen LogP contribution in [0.25, 0.3) is 0 Å². The Bertz CT molecular complexity index is 405. The number of hydrogen-bond acceptors (Lipinski definition) is 4. The third kappa shape index (κ3) is 3.27. The quantitative estimate of drug-likeness (QED) is 0.657. The van der Waals surface area contributed by atoms with Gasteiger partial charge in [-0.05, 0) is 30.5 Å². The fourth-order valence-corrected chi connectivity index (χ4v) is 2.25. The van der Waals surface area contributed by atoms with Crippen molar-refractivity contribution in [2.45, 2.75) is 44.4 Å². The molecule has 2 atom stereocenters. The van der Waals surface area contributed by atoms with E-state index < -0.39 is 4.92 Å². The zero-order valence-corrected chi connectivity index (χ0v) is 10.2. The molecule has 1 saturated carbocycles. The summed E-state index contributed by atoms with van der Waals surface area (Å²) in [5.41, 5.74) is 7.04. The molecule has 1 aromatic rings. The number of nitrogens with zero attached hydrogens (tertiary/aromatic N) is 1. The maximum atomic E-state index is 10.5. The molecule has 0 heterocycles. The molecule has 98 valence electrons. The molecule has 0 aromatic heterocycles. The van der Waals surface area contributed by atoms with Crippen molar-refractivity contribution in [3.8, 4) is 0 Å². The standard InChI is InChI=1S/C13H18N2O3/c14-12-3-1-2-4-13(12)18-9-10-5-7-11(8-6-10)15(16)17/h5-8,12-13H,1-4,9,14H2. The molecule has 0 bridgehead atoms. The number of nitro groups is 1. The predicted octanol–water partition coefficient (Wildman–Crippen LogP) is 2.38. The van der Waals surface area contributed by atoms with Gasteiger partial charge in [0.2, 0.25) is 0 Å². The first-order valence-corrected chi connectivity index (χ1v) is 6.27. The zero-order chi connectivity index (χ0) is 13.0. The normalized spacial score (nSPS) is 23.8. The number of nitro benzene ring substituents is 1. The number of hydrogen-bond donors (Lipinski definition) is 1.